The fourth-order valence-corrected chi connectivity index (χ4v) is 3.93. The number of nitrogens with one attached hydrogen (secondary N) is 1. The summed E-state index contributed by atoms with van der Waals surface area (Å²) < 4.78 is 0. The average molecular weight is 286 g/mol. The third kappa shape index (κ3) is 3.60. The lowest BCUT2D eigenvalue weighted by Gasteiger charge is -2.40. The van der Waals surface area contributed by atoms with Crippen LogP contribution < -0.4 is 10.2 Å². The Labute approximate surface area is 129 Å². The molecule has 0 spiro atoms. The SMILES string of the molecule is CC(C)c1ccc(N2CCNC(C3CCCCC3)C2)cc1. The molecule has 1 atom stereocenters. The Hall–Kier alpha value is -1.02. The van der Waals surface area contributed by atoms with Gasteiger partial charge in [-0.25, -0.2) is 0 Å². The zero-order chi connectivity index (χ0) is 14.7. The van der Waals surface area contributed by atoms with Crippen molar-refractivity contribution in [1.29, 1.82) is 0 Å². The molecule has 1 saturated heterocycles. The summed E-state index contributed by atoms with van der Waals surface area (Å²) in [6, 6.07) is 9.94. The summed E-state index contributed by atoms with van der Waals surface area (Å²) in [5, 5.41) is 3.78. The minimum atomic E-state index is 0.622. The molecular weight excluding hydrogens is 256 g/mol. The largest absolute Gasteiger partial charge is 0.369 e. The van der Waals surface area contributed by atoms with Crippen LogP contribution in [0.5, 0.6) is 0 Å². The van der Waals surface area contributed by atoms with Crippen LogP contribution in [0.25, 0.3) is 0 Å². The number of benzene rings is 1. The highest BCUT2D eigenvalue weighted by Gasteiger charge is 2.28. The van der Waals surface area contributed by atoms with Crippen LogP contribution in [0.1, 0.15) is 57.4 Å². The maximum Gasteiger partial charge on any atom is 0.0367 e. The Morgan fingerprint density at radius 2 is 1.76 bits per heavy atom. The van der Waals surface area contributed by atoms with E-state index in [1.807, 2.05) is 0 Å². The van der Waals surface area contributed by atoms with E-state index in [9.17, 15) is 0 Å². The molecule has 1 heterocycles. The Morgan fingerprint density at radius 3 is 2.43 bits per heavy atom. The quantitative estimate of drug-likeness (QED) is 0.897. The van der Waals surface area contributed by atoms with Crippen molar-refractivity contribution < 1.29 is 0 Å². The Morgan fingerprint density at radius 1 is 1.05 bits per heavy atom. The van der Waals surface area contributed by atoms with Gasteiger partial charge in [-0.05, 0) is 42.4 Å². The molecule has 1 N–H and O–H groups in total. The summed E-state index contributed by atoms with van der Waals surface area (Å²) in [6.07, 6.45) is 7.18. The summed E-state index contributed by atoms with van der Waals surface area (Å²) in [5.74, 6) is 1.52. The number of rotatable bonds is 3. The van der Waals surface area contributed by atoms with Gasteiger partial charge in [0.1, 0.15) is 0 Å². The van der Waals surface area contributed by atoms with Gasteiger partial charge in [0.15, 0.2) is 0 Å². The summed E-state index contributed by atoms with van der Waals surface area (Å²) >= 11 is 0. The van der Waals surface area contributed by atoms with Gasteiger partial charge in [0.25, 0.3) is 0 Å². The first-order chi connectivity index (χ1) is 10.2. The third-order valence-electron chi connectivity index (χ3n) is 5.35. The van der Waals surface area contributed by atoms with Gasteiger partial charge in [-0.15, -0.1) is 0 Å². The van der Waals surface area contributed by atoms with Crippen LogP contribution in [0.4, 0.5) is 5.69 Å². The average Bonchev–Trinajstić information content (AvgIpc) is 2.56. The minimum absolute atomic E-state index is 0.622. The molecule has 0 bridgehead atoms. The molecule has 2 aliphatic rings. The zero-order valence-corrected chi connectivity index (χ0v) is 13.6. The number of nitrogens with zero attached hydrogens (tertiary/aromatic N) is 1. The predicted molar refractivity (Wildman–Crippen MR) is 91.1 cm³/mol. The number of piperazine rings is 1. The monoisotopic (exact) mass is 286 g/mol. The fraction of sp³-hybridized carbons (Fsp3) is 0.684. The van der Waals surface area contributed by atoms with E-state index in [1.165, 1.54) is 49.9 Å². The van der Waals surface area contributed by atoms with Crippen molar-refractivity contribution in [3.8, 4) is 0 Å². The summed E-state index contributed by atoms with van der Waals surface area (Å²) in [4.78, 5) is 2.58. The minimum Gasteiger partial charge on any atom is -0.369 e. The van der Waals surface area contributed by atoms with Gasteiger partial charge in [0, 0.05) is 31.4 Å². The lowest BCUT2D eigenvalue weighted by molar-refractivity contribution is 0.257. The Balaban J connectivity index is 1.64. The van der Waals surface area contributed by atoms with Crippen LogP contribution in [0.2, 0.25) is 0 Å². The van der Waals surface area contributed by atoms with Crippen LogP contribution >= 0.6 is 0 Å². The second-order valence-electron chi connectivity index (χ2n) is 7.15. The van der Waals surface area contributed by atoms with Crippen molar-refractivity contribution in [3.63, 3.8) is 0 Å². The molecule has 0 radical (unpaired) electrons. The first-order valence-corrected chi connectivity index (χ1v) is 8.82. The topological polar surface area (TPSA) is 15.3 Å². The smallest absolute Gasteiger partial charge is 0.0367 e. The predicted octanol–water partition coefficient (Wildman–Crippen LogP) is 4.17. The van der Waals surface area contributed by atoms with Gasteiger partial charge in [-0.2, -0.15) is 0 Å². The van der Waals surface area contributed by atoms with E-state index in [1.54, 1.807) is 0 Å². The second-order valence-corrected chi connectivity index (χ2v) is 7.15. The Bertz CT molecular complexity index is 431. The first kappa shape index (κ1) is 14.9. The van der Waals surface area contributed by atoms with Gasteiger partial charge < -0.3 is 10.2 Å². The maximum absolute atomic E-state index is 3.78. The fourth-order valence-electron chi connectivity index (χ4n) is 3.93. The zero-order valence-electron chi connectivity index (χ0n) is 13.6. The molecule has 0 aromatic heterocycles. The Kier molecular flexibility index (Phi) is 4.84. The normalized spacial score (nSPS) is 24.5. The van der Waals surface area contributed by atoms with Crippen molar-refractivity contribution in [3.05, 3.63) is 29.8 Å². The first-order valence-electron chi connectivity index (χ1n) is 8.82. The molecule has 21 heavy (non-hydrogen) atoms. The molecule has 116 valence electrons. The van der Waals surface area contributed by atoms with Crippen LogP contribution in [-0.4, -0.2) is 25.7 Å². The van der Waals surface area contributed by atoms with Crippen LogP contribution in [0, 0.1) is 5.92 Å². The molecule has 1 unspecified atom stereocenters. The lowest BCUT2D eigenvalue weighted by Crippen LogP contribution is -2.54. The molecule has 1 aliphatic carbocycles. The highest BCUT2D eigenvalue weighted by molar-refractivity contribution is 5.48. The molecule has 2 heteroatoms. The second kappa shape index (κ2) is 6.83. The van der Waals surface area contributed by atoms with Crippen molar-refractivity contribution in [1.82, 2.24) is 5.32 Å². The van der Waals surface area contributed by atoms with Crippen LogP contribution in [-0.2, 0) is 0 Å². The molecule has 1 aromatic rings. The van der Waals surface area contributed by atoms with E-state index >= 15 is 0 Å². The van der Waals surface area contributed by atoms with E-state index in [-0.39, 0.29) is 0 Å². The number of anilines is 1. The van der Waals surface area contributed by atoms with Crippen molar-refractivity contribution in [2.24, 2.45) is 5.92 Å². The van der Waals surface area contributed by atoms with Crippen molar-refractivity contribution in [2.45, 2.75) is 57.9 Å². The molecule has 1 saturated carbocycles. The highest BCUT2D eigenvalue weighted by Crippen LogP contribution is 2.29. The van der Waals surface area contributed by atoms with E-state index in [4.69, 9.17) is 0 Å². The van der Waals surface area contributed by atoms with E-state index < -0.39 is 0 Å². The summed E-state index contributed by atoms with van der Waals surface area (Å²) in [7, 11) is 0. The number of hydrogen-bond acceptors (Lipinski definition) is 2. The molecule has 1 aromatic carbocycles. The summed E-state index contributed by atoms with van der Waals surface area (Å²) in [6.45, 7) is 7.99. The maximum atomic E-state index is 3.78. The van der Waals surface area contributed by atoms with Gasteiger partial charge in [0.05, 0.1) is 0 Å². The van der Waals surface area contributed by atoms with Gasteiger partial charge in [-0.1, -0.05) is 45.2 Å². The van der Waals surface area contributed by atoms with Crippen LogP contribution in [0.3, 0.4) is 0 Å². The van der Waals surface area contributed by atoms with Gasteiger partial charge in [0.2, 0.25) is 0 Å². The van der Waals surface area contributed by atoms with Crippen molar-refractivity contribution >= 4 is 5.69 Å². The van der Waals surface area contributed by atoms with Gasteiger partial charge >= 0.3 is 0 Å². The lowest BCUT2D eigenvalue weighted by atomic mass is 9.83. The van der Waals surface area contributed by atoms with Gasteiger partial charge in [-0.3, -0.25) is 0 Å². The molecule has 1 aliphatic heterocycles. The van der Waals surface area contributed by atoms with Crippen LogP contribution in [0.15, 0.2) is 24.3 Å². The van der Waals surface area contributed by atoms with E-state index in [0.717, 1.165) is 19.0 Å². The third-order valence-corrected chi connectivity index (χ3v) is 5.35. The molecular formula is C19H30N2. The standard InChI is InChI=1S/C19H30N2/c1-15(2)16-8-10-18(11-9-16)21-13-12-20-19(14-21)17-6-4-3-5-7-17/h8-11,15,17,19-20H,3-7,12-14H2,1-2H3. The number of hydrogen-bond donors (Lipinski definition) is 1. The highest BCUT2D eigenvalue weighted by atomic mass is 15.2. The van der Waals surface area contributed by atoms with Crippen molar-refractivity contribution in [2.75, 3.05) is 24.5 Å². The van der Waals surface area contributed by atoms with E-state index in [0.29, 0.717) is 12.0 Å². The van der Waals surface area contributed by atoms with E-state index in [2.05, 4.69) is 48.3 Å². The summed E-state index contributed by atoms with van der Waals surface area (Å²) in [5.41, 5.74) is 2.85. The molecule has 3 rings (SSSR count). The molecule has 2 nitrogen and oxygen atoms in total. The molecule has 0 amide bonds. The molecule has 2 fully saturated rings.